The molecule has 0 amide bonds. The van der Waals surface area contributed by atoms with Crippen molar-refractivity contribution in [2.75, 3.05) is 6.61 Å². The average Bonchev–Trinajstić information content (AvgIpc) is 2.93. The summed E-state index contributed by atoms with van der Waals surface area (Å²) in [5.41, 5.74) is 5.93. The van der Waals surface area contributed by atoms with E-state index in [4.69, 9.17) is 15.0 Å². The first kappa shape index (κ1) is 13.7. The Morgan fingerprint density at radius 3 is 2.94 bits per heavy atom. The molecule has 0 saturated carbocycles. The van der Waals surface area contributed by atoms with Crippen molar-refractivity contribution >= 4 is 27.3 Å². The van der Waals surface area contributed by atoms with Crippen molar-refractivity contribution in [1.82, 2.24) is 10.1 Å². The van der Waals surface area contributed by atoms with Gasteiger partial charge in [-0.3, -0.25) is 0 Å². The fourth-order valence-corrected chi connectivity index (χ4v) is 2.76. The van der Waals surface area contributed by atoms with E-state index in [2.05, 4.69) is 26.1 Å². The number of nitrogens with zero attached hydrogens (tertiary/aromatic N) is 2. The van der Waals surface area contributed by atoms with Gasteiger partial charge in [-0.15, -0.1) is 11.3 Å². The van der Waals surface area contributed by atoms with E-state index in [1.54, 1.807) is 0 Å². The highest BCUT2D eigenvalue weighted by Crippen LogP contribution is 2.32. The molecule has 0 radical (unpaired) electrons. The normalized spacial score (nSPS) is 13.2. The second-order valence-corrected chi connectivity index (χ2v) is 5.81. The van der Waals surface area contributed by atoms with Gasteiger partial charge in [0.2, 0.25) is 0 Å². The monoisotopic (exact) mass is 331 g/mol. The Labute approximate surface area is 117 Å². The van der Waals surface area contributed by atoms with Gasteiger partial charge in [-0.25, -0.2) is 0 Å². The molecule has 1 atom stereocenters. The maximum absolute atomic E-state index is 5.93. The molecule has 7 heteroatoms. The Balaban J connectivity index is 2.08. The van der Waals surface area contributed by atoms with Crippen LogP contribution >= 0.6 is 27.3 Å². The van der Waals surface area contributed by atoms with E-state index in [0.717, 1.165) is 9.35 Å². The van der Waals surface area contributed by atoms with E-state index in [9.17, 15) is 0 Å². The van der Waals surface area contributed by atoms with E-state index < -0.39 is 0 Å². The van der Waals surface area contributed by atoms with Crippen LogP contribution in [0.4, 0.5) is 0 Å². The van der Waals surface area contributed by atoms with Crippen LogP contribution in [0.2, 0.25) is 0 Å². The van der Waals surface area contributed by atoms with E-state index >= 15 is 0 Å². The molecule has 0 saturated heterocycles. The Hall–Kier alpha value is -0.760. The SMILES string of the molecule is CC(C)OCC(N)c1noc(-c2sccc2Br)n1. The van der Waals surface area contributed by atoms with Crippen LogP contribution in [0.3, 0.4) is 0 Å². The standard InChI is InChI=1S/C11H14BrN3O2S/c1-6(2)16-5-8(13)10-14-11(17-15-10)9-7(12)3-4-18-9/h3-4,6,8H,5,13H2,1-2H3. The molecule has 0 fully saturated rings. The van der Waals surface area contributed by atoms with Gasteiger partial charge < -0.3 is 15.0 Å². The number of halogens is 1. The molecular weight excluding hydrogens is 318 g/mol. The van der Waals surface area contributed by atoms with Crippen LogP contribution in [0.5, 0.6) is 0 Å². The second-order valence-electron chi connectivity index (χ2n) is 4.04. The Kier molecular flexibility index (Phi) is 4.50. The van der Waals surface area contributed by atoms with Crippen LogP contribution in [-0.2, 0) is 4.74 Å². The number of rotatable bonds is 5. The quantitative estimate of drug-likeness (QED) is 0.911. The summed E-state index contributed by atoms with van der Waals surface area (Å²) in [6.07, 6.45) is 0.133. The minimum absolute atomic E-state index is 0.133. The molecule has 2 rings (SSSR count). The predicted octanol–water partition coefficient (Wildman–Crippen LogP) is 2.99. The molecule has 2 N–H and O–H groups in total. The summed E-state index contributed by atoms with van der Waals surface area (Å²) in [6.45, 7) is 4.29. The van der Waals surface area contributed by atoms with Gasteiger partial charge in [0.05, 0.1) is 18.8 Å². The molecule has 0 aromatic carbocycles. The molecule has 2 aromatic heterocycles. The first-order valence-corrected chi connectivity index (χ1v) is 7.19. The zero-order valence-electron chi connectivity index (χ0n) is 10.1. The summed E-state index contributed by atoms with van der Waals surface area (Å²) in [6, 6.07) is 1.56. The minimum Gasteiger partial charge on any atom is -0.377 e. The van der Waals surface area contributed by atoms with Crippen LogP contribution in [0.1, 0.15) is 25.7 Å². The largest absolute Gasteiger partial charge is 0.377 e. The Bertz CT molecular complexity index is 512. The molecule has 98 valence electrons. The van der Waals surface area contributed by atoms with Crippen molar-refractivity contribution in [3.05, 3.63) is 21.7 Å². The minimum atomic E-state index is -0.372. The molecule has 0 aliphatic heterocycles. The van der Waals surface area contributed by atoms with E-state index in [1.807, 2.05) is 25.3 Å². The van der Waals surface area contributed by atoms with Crippen LogP contribution in [0.15, 0.2) is 20.4 Å². The molecule has 0 spiro atoms. The maximum Gasteiger partial charge on any atom is 0.269 e. The lowest BCUT2D eigenvalue weighted by atomic mass is 10.3. The number of hydrogen-bond acceptors (Lipinski definition) is 6. The first-order chi connectivity index (χ1) is 8.58. The highest BCUT2D eigenvalue weighted by molar-refractivity contribution is 9.10. The molecule has 0 aliphatic rings. The van der Waals surface area contributed by atoms with Gasteiger partial charge in [0, 0.05) is 4.47 Å². The third-order valence-corrected chi connectivity index (χ3v) is 4.02. The van der Waals surface area contributed by atoms with E-state index in [1.165, 1.54) is 11.3 Å². The average molecular weight is 332 g/mol. The number of ether oxygens (including phenoxy) is 1. The summed E-state index contributed by atoms with van der Waals surface area (Å²) in [5, 5.41) is 5.84. The van der Waals surface area contributed by atoms with Crippen molar-refractivity contribution in [3.63, 3.8) is 0 Å². The van der Waals surface area contributed by atoms with E-state index in [0.29, 0.717) is 18.3 Å². The van der Waals surface area contributed by atoms with Crippen molar-refractivity contribution in [1.29, 1.82) is 0 Å². The number of thiophene rings is 1. The highest BCUT2D eigenvalue weighted by atomic mass is 79.9. The highest BCUT2D eigenvalue weighted by Gasteiger charge is 2.18. The molecule has 1 unspecified atom stereocenters. The molecule has 0 bridgehead atoms. The lowest BCUT2D eigenvalue weighted by Crippen LogP contribution is -2.20. The second kappa shape index (κ2) is 5.92. The van der Waals surface area contributed by atoms with Gasteiger partial charge in [-0.1, -0.05) is 5.16 Å². The van der Waals surface area contributed by atoms with Crippen LogP contribution in [0, 0.1) is 0 Å². The number of aromatic nitrogens is 2. The fourth-order valence-electron chi connectivity index (χ4n) is 1.29. The van der Waals surface area contributed by atoms with Crippen molar-refractivity contribution < 1.29 is 9.26 Å². The molecule has 18 heavy (non-hydrogen) atoms. The van der Waals surface area contributed by atoms with Crippen LogP contribution in [-0.4, -0.2) is 22.9 Å². The van der Waals surface area contributed by atoms with Gasteiger partial charge >= 0.3 is 0 Å². The topological polar surface area (TPSA) is 74.2 Å². The van der Waals surface area contributed by atoms with Crippen molar-refractivity contribution in [2.24, 2.45) is 5.73 Å². The van der Waals surface area contributed by atoms with Crippen LogP contribution < -0.4 is 5.73 Å². The fraction of sp³-hybridized carbons (Fsp3) is 0.455. The predicted molar refractivity (Wildman–Crippen MR) is 73.3 cm³/mol. The molecule has 2 heterocycles. The van der Waals surface area contributed by atoms with Crippen LogP contribution in [0.25, 0.3) is 10.8 Å². The molecule has 5 nitrogen and oxygen atoms in total. The Morgan fingerprint density at radius 2 is 2.33 bits per heavy atom. The molecule has 2 aromatic rings. The van der Waals surface area contributed by atoms with Crippen molar-refractivity contribution in [2.45, 2.75) is 26.0 Å². The third-order valence-electron chi connectivity index (χ3n) is 2.19. The van der Waals surface area contributed by atoms with Gasteiger partial charge in [0.15, 0.2) is 5.82 Å². The summed E-state index contributed by atoms with van der Waals surface area (Å²) in [4.78, 5) is 5.20. The zero-order valence-corrected chi connectivity index (χ0v) is 12.5. The zero-order chi connectivity index (χ0) is 13.1. The maximum atomic E-state index is 5.93. The smallest absolute Gasteiger partial charge is 0.269 e. The number of nitrogens with two attached hydrogens (primary N) is 1. The lowest BCUT2D eigenvalue weighted by Gasteiger charge is -2.10. The number of hydrogen-bond donors (Lipinski definition) is 1. The third kappa shape index (κ3) is 3.17. The van der Waals surface area contributed by atoms with Gasteiger partial charge in [0.25, 0.3) is 5.89 Å². The van der Waals surface area contributed by atoms with Crippen molar-refractivity contribution in [3.8, 4) is 10.8 Å². The summed E-state index contributed by atoms with van der Waals surface area (Å²) >= 11 is 4.96. The summed E-state index contributed by atoms with van der Waals surface area (Å²) < 4.78 is 11.6. The summed E-state index contributed by atoms with van der Waals surface area (Å²) in [7, 11) is 0. The summed E-state index contributed by atoms with van der Waals surface area (Å²) in [5.74, 6) is 0.942. The first-order valence-electron chi connectivity index (χ1n) is 5.52. The van der Waals surface area contributed by atoms with E-state index in [-0.39, 0.29) is 12.1 Å². The Morgan fingerprint density at radius 1 is 1.56 bits per heavy atom. The van der Waals surface area contributed by atoms with Gasteiger partial charge in [0.1, 0.15) is 4.88 Å². The van der Waals surface area contributed by atoms with Gasteiger partial charge in [-0.2, -0.15) is 4.98 Å². The lowest BCUT2D eigenvalue weighted by molar-refractivity contribution is 0.0665. The molecular formula is C11H14BrN3O2S. The van der Waals surface area contributed by atoms with Gasteiger partial charge in [-0.05, 0) is 41.2 Å². The molecule has 0 aliphatic carbocycles.